The molecule has 0 aromatic heterocycles. The van der Waals surface area contributed by atoms with E-state index in [-0.39, 0.29) is 11.2 Å². The zero-order valence-electron chi connectivity index (χ0n) is 11.7. The molecule has 0 heterocycles. The molecule has 0 aliphatic rings. The van der Waals surface area contributed by atoms with Crippen LogP contribution < -0.4 is 5.32 Å². The summed E-state index contributed by atoms with van der Waals surface area (Å²) in [6.07, 6.45) is 1.78. The predicted molar refractivity (Wildman–Crippen MR) is 79.3 cm³/mol. The minimum absolute atomic E-state index is 0.124. The average molecular weight is 316 g/mol. The molecule has 1 aromatic rings. The number of benzene rings is 1. The third kappa shape index (κ3) is 5.49. The molecule has 1 atom stereocenters. The molecular weight excluding hydrogens is 293 g/mol. The minimum atomic E-state index is -0.124. The van der Waals surface area contributed by atoms with Crippen molar-refractivity contribution in [2.75, 3.05) is 6.54 Å². The Bertz CT molecular complexity index is 385. The number of hydrogen-bond acceptors (Lipinski definition) is 1. The zero-order valence-corrected chi connectivity index (χ0v) is 13.3. The van der Waals surface area contributed by atoms with E-state index >= 15 is 0 Å². The Balaban J connectivity index is 2.76. The highest BCUT2D eigenvalue weighted by atomic mass is 79.9. The highest BCUT2D eigenvalue weighted by Crippen LogP contribution is 2.24. The van der Waals surface area contributed by atoms with Crippen LogP contribution in [0.4, 0.5) is 4.39 Å². The maximum Gasteiger partial charge on any atom is 0.127 e. The van der Waals surface area contributed by atoms with Crippen LogP contribution in [0, 0.1) is 11.2 Å². The smallest absolute Gasteiger partial charge is 0.127 e. The molecule has 102 valence electrons. The number of halogens is 2. The van der Waals surface area contributed by atoms with Gasteiger partial charge in [0, 0.05) is 10.5 Å². The first-order chi connectivity index (χ1) is 8.31. The van der Waals surface area contributed by atoms with E-state index in [9.17, 15) is 4.39 Å². The van der Waals surface area contributed by atoms with Gasteiger partial charge in [0.2, 0.25) is 0 Å². The summed E-state index contributed by atoms with van der Waals surface area (Å²) < 4.78 is 14.6. The fourth-order valence-electron chi connectivity index (χ4n) is 2.20. The van der Waals surface area contributed by atoms with Gasteiger partial charge >= 0.3 is 0 Å². The lowest BCUT2D eigenvalue weighted by molar-refractivity contribution is 0.308. The normalized spacial score (nSPS) is 13.7. The van der Waals surface area contributed by atoms with E-state index in [0.717, 1.165) is 29.4 Å². The summed E-state index contributed by atoms with van der Waals surface area (Å²) in [4.78, 5) is 0. The molecule has 1 N–H and O–H groups in total. The van der Waals surface area contributed by atoms with E-state index in [2.05, 4.69) is 48.9 Å². The van der Waals surface area contributed by atoms with Crippen LogP contribution in [0.15, 0.2) is 22.7 Å². The largest absolute Gasteiger partial charge is 0.314 e. The van der Waals surface area contributed by atoms with Crippen molar-refractivity contribution >= 4 is 15.9 Å². The van der Waals surface area contributed by atoms with Gasteiger partial charge < -0.3 is 5.32 Å². The van der Waals surface area contributed by atoms with Crippen LogP contribution in [-0.2, 0) is 6.42 Å². The molecule has 0 aliphatic heterocycles. The number of rotatable bonds is 5. The molecule has 0 saturated heterocycles. The van der Waals surface area contributed by atoms with Crippen molar-refractivity contribution in [3.05, 3.63) is 34.1 Å². The van der Waals surface area contributed by atoms with Gasteiger partial charge in [-0.05, 0) is 42.5 Å². The quantitative estimate of drug-likeness (QED) is 0.840. The van der Waals surface area contributed by atoms with Crippen LogP contribution in [0.25, 0.3) is 0 Å². The Labute approximate surface area is 118 Å². The topological polar surface area (TPSA) is 12.0 Å². The molecule has 3 heteroatoms. The van der Waals surface area contributed by atoms with Crippen molar-refractivity contribution in [3.8, 4) is 0 Å². The number of nitrogens with one attached hydrogen (secondary N) is 1. The number of hydrogen-bond donors (Lipinski definition) is 1. The molecule has 1 nitrogen and oxygen atoms in total. The van der Waals surface area contributed by atoms with Crippen molar-refractivity contribution in [2.45, 2.75) is 46.6 Å². The standard InChI is InChI=1S/C15H23BrFN/c1-5-18-13(10-15(2,3)4)8-11-6-7-12(16)9-14(11)17/h6-7,9,13,18H,5,8,10H2,1-4H3. The second-order valence-corrected chi connectivity index (χ2v) is 6.87. The Morgan fingerprint density at radius 3 is 2.50 bits per heavy atom. The molecule has 0 bridgehead atoms. The van der Waals surface area contributed by atoms with Gasteiger partial charge in [-0.1, -0.05) is 49.7 Å². The molecule has 0 spiro atoms. The monoisotopic (exact) mass is 315 g/mol. The number of likely N-dealkylation sites (N-methyl/N-ethyl adjacent to an activating group) is 1. The fourth-order valence-corrected chi connectivity index (χ4v) is 2.53. The fraction of sp³-hybridized carbons (Fsp3) is 0.600. The third-order valence-electron chi connectivity index (χ3n) is 2.83. The molecule has 0 radical (unpaired) electrons. The molecule has 0 aliphatic carbocycles. The Morgan fingerprint density at radius 2 is 2.00 bits per heavy atom. The summed E-state index contributed by atoms with van der Waals surface area (Å²) in [5.41, 5.74) is 1.03. The summed E-state index contributed by atoms with van der Waals surface area (Å²) in [7, 11) is 0. The van der Waals surface area contributed by atoms with Gasteiger partial charge in [0.1, 0.15) is 5.82 Å². The van der Waals surface area contributed by atoms with Gasteiger partial charge in [-0.2, -0.15) is 0 Å². The van der Waals surface area contributed by atoms with Crippen molar-refractivity contribution < 1.29 is 4.39 Å². The van der Waals surface area contributed by atoms with Crippen molar-refractivity contribution in [1.82, 2.24) is 5.32 Å². The van der Waals surface area contributed by atoms with E-state index < -0.39 is 0 Å². The highest BCUT2D eigenvalue weighted by Gasteiger charge is 2.19. The maximum atomic E-state index is 13.8. The minimum Gasteiger partial charge on any atom is -0.314 e. The van der Waals surface area contributed by atoms with E-state index in [1.165, 1.54) is 6.07 Å². The molecule has 0 amide bonds. The molecular formula is C15H23BrFN. The molecule has 1 unspecified atom stereocenters. The lowest BCUT2D eigenvalue weighted by Crippen LogP contribution is -2.34. The van der Waals surface area contributed by atoms with Crippen molar-refractivity contribution in [1.29, 1.82) is 0 Å². The van der Waals surface area contributed by atoms with Crippen LogP contribution in [0.2, 0.25) is 0 Å². The predicted octanol–water partition coefficient (Wildman–Crippen LogP) is 4.55. The van der Waals surface area contributed by atoms with Gasteiger partial charge in [0.05, 0.1) is 0 Å². The first kappa shape index (κ1) is 15.6. The van der Waals surface area contributed by atoms with Crippen LogP contribution in [-0.4, -0.2) is 12.6 Å². The molecule has 0 saturated carbocycles. The van der Waals surface area contributed by atoms with Gasteiger partial charge in [-0.25, -0.2) is 4.39 Å². The summed E-state index contributed by atoms with van der Waals surface area (Å²) in [6, 6.07) is 5.63. The van der Waals surface area contributed by atoms with Gasteiger partial charge in [0.25, 0.3) is 0 Å². The van der Waals surface area contributed by atoms with Crippen LogP contribution >= 0.6 is 15.9 Å². The van der Waals surface area contributed by atoms with Gasteiger partial charge in [-0.15, -0.1) is 0 Å². The average Bonchev–Trinajstić information content (AvgIpc) is 2.20. The zero-order chi connectivity index (χ0) is 13.8. The highest BCUT2D eigenvalue weighted by molar-refractivity contribution is 9.10. The van der Waals surface area contributed by atoms with Crippen molar-refractivity contribution in [3.63, 3.8) is 0 Å². The Hall–Kier alpha value is -0.410. The Kier molecular flexibility index (Phi) is 5.80. The summed E-state index contributed by atoms with van der Waals surface area (Å²) in [5.74, 6) is -0.124. The third-order valence-corrected chi connectivity index (χ3v) is 3.33. The molecule has 0 fully saturated rings. The molecule has 1 rings (SSSR count). The Morgan fingerprint density at radius 1 is 1.33 bits per heavy atom. The van der Waals surface area contributed by atoms with Gasteiger partial charge in [-0.3, -0.25) is 0 Å². The summed E-state index contributed by atoms with van der Waals surface area (Å²) >= 11 is 3.29. The lowest BCUT2D eigenvalue weighted by atomic mass is 9.86. The molecule has 18 heavy (non-hydrogen) atoms. The summed E-state index contributed by atoms with van der Waals surface area (Å²) in [5, 5.41) is 3.45. The van der Waals surface area contributed by atoms with E-state index in [0.29, 0.717) is 6.04 Å². The second kappa shape index (κ2) is 6.67. The first-order valence-corrected chi connectivity index (χ1v) is 7.28. The SMILES string of the molecule is CCNC(Cc1ccc(Br)cc1F)CC(C)(C)C. The van der Waals surface area contributed by atoms with Crippen molar-refractivity contribution in [2.24, 2.45) is 5.41 Å². The molecule has 1 aromatic carbocycles. The lowest BCUT2D eigenvalue weighted by Gasteiger charge is -2.27. The van der Waals surface area contributed by atoms with Crippen LogP contribution in [0.5, 0.6) is 0 Å². The summed E-state index contributed by atoms with van der Waals surface area (Å²) in [6.45, 7) is 9.66. The first-order valence-electron chi connectivity index (χ1n) is 6.49. The van der Waals surface area contributed by atoms with E-state index in [1.807, 2.05) is 12.1 Å². The van der Waals surface area contributed by atoms with Crippen LogP contribution in [0.1, 0.15) is 39.7 Å². The van der Waals surface area contributed by atoms with E-state index in [4.69, 9.17) is 0 Å². The van der Waals surface area contributed by atoms with Gasteiger partial charge in [0.15, 0.2) is 0 Å². The van der Waals surface area contributed by atoms with E-state index in [1.54, 1.807) is 0 Å². The second-order valence-electron chi connectivity index (χ2n) is 5.96. The van der Waals surface area contributed by atoms with Crippen LogP contribution in [0.3, 0.4) is 0 Å². The maximum absolute atomic E-state index is 13.8.